The Morgan fingerprint density at radius 2 is 2.00 bits per heavy atom. The van der Waals surface area contributed by atoms with Gasteiger partial charge < -0.3 is 20.0 Å². The summed E-state index contributed by atoms with van der Waals surface area (Å²) in [6.45, 7) is 9.75. The van der Waals surface area contributed by atoms with Gasteiger partial charge in [-0.15, -0.1) is 0 Å². The lowest BCUT2D eigenvalue weighted by Gasteiger charge is -2.23. The molecule has 0 spiro atoms. The highest BCUT2D eigenvalue weighted by molar-refractivity contribution is 5.85. The zero-order chi connectivity index (χ0) is 20.9. The number of para-hydroxylation sites is 1. The minimum absolute atomic E-state index is 0.666. The van der Waals surface area contributed by atoms with Crippen molar-refractivity contribution in [1.82, 2.24) is 20.1 Å². The standard InChI is InChI=1S/C24H36N6/c1-4-25-24(30-14-11-19(18-30)17-29-12-7-8-13-29)26-16-20-15-23(28(2)3)27-22-10-6-5-9-21(20)22/h5-6,9-10,15,19H,4,7-8,11-14,16-18H2,1-3H3,(H,25,26). The molecule has 0 radical (unpaired) electrons. The van der Waals surface area contributed by atoms with Crippen molar-refractivity contribution < 1.29 is 0 Å². The van der Waals surface area contributed by atoms with Gasteiger partial charge in [0.05, 0.1) is 12.1 Å². The van der Waals surface area contributed by atoms with Crippen molar-refractivity contribution in [2.75, 3.05) is 58.3 Å². The van der Waals surface area contributed by atoms with Crippen molar-refractivity contribution in [3.63, 3.8) is 0 Å². The maximum atomic E-state index is 5.05. The number of hydrogen-bond acceptors (Lipinski definition) is 4. The molecule has 0 amide bonds. The van der Waals surface area contributed by atoms with Crippen LogP contribution in [0.5, 0.6) is 0 Å². The SMILES string of the molecule is CCNC(=NCc1cc(N(C)C)nc2ccccc12)N1CCC(CN2CCCC2)C1. The molecule has 1 aromatic carbocycles. The Labute approximate surface area is 181 Å². The second-order valence-electron chi connectivity index (χ2n) is 8.83. The number of benzene rings is 1. The number of aliphatic imine (C=N–C) groups is 1. The van der Waals surface area contributed by atoms with Gasteiger partial charge in [-0.05, 0) is 62.9 Å². The fraction of sp³-hybridized carbons (Fsp3) is 0.583. The molecule has 30 heavy (non-hydrogen) atoms. The van der Waals surface area contributed by atoms with E-state index in [0.29, 0.717) is 6.54 Å². The van der Waals surface area contributed by atoms with E-state index in [-0.39, 0.29) is 0 Å². The number of aromatic nitrogens is 1. The minimum Gasteiger partial charge on any atom is -0.363 e. The van der Waals surface area contributed by atoms with Gasteiger partial charge in [0, 0.05) is 45.7 Å². The number of fused-ring (bicyclic) bond motifs is 1. The van der Waals surface area contributed by atoms with Crippen LogP contribution in [-0.4, -0.2) is 74.1 Å². The van der Waals surface area contributed by atoms with Crippen molar-refractivity contribution >= 4 is 22.7 Å². The lowest BCUT2D eigenvalue weighted by atomic mass is 10.1. The first kappa shape index (κ1) is 20.9. The number of guanidine groups is 1. The molecule has 0 saturated carbocycles. The molecule has 1 unspecified atom stereocenters. The highest BCUT2D eigenvalue weighted by Crippen LogP contribution is 2.24. The molecule has 6 nitrogen and oxygen atoms in total. The fourth-order valence-corrected chi connectivity index (χ4v) is 4.68. The molecule has 6 heteroatoms. The second-order valence-corrected chi connectivity index (χ2v) is 8.83. The Balaban J connectivity index is 1.50. The minimum atomic E-state index is 0.666. The average molecular weight is 409 g/mol. The van der Waals surface area contributed by atoms with Crippen LogP contribution in [0, 0.1) is 5.92 Å². The Bertz CT molecular complexity index is 871. The number of hydrogen-bond donors (Lipinski definition) is 1. The number of pyridine rings is 1. The van der Waals surface area contributed by atoms with Crippen molar-refractivity contribution in [3.8, 4) is 0 Å². The first-order chi connectivity index (χ1) is 14.6. The van der Waals surface area contributed by atoms with Crippen LogP contribution >= 0.6 is 0 Å². The second kappa shape index (κ2) is 9.65. The van der Waals surface area contributed by atoms with Crippen molar-refractivity contribution in [3.05, 3.63) is 35.9 Å². The number of rotatable bonds is 6. The molecule has 2 aliphatic rings. The van der Waals surface area contributed by atoms with E-state index >= 15 is 0 Å². The molecule has 2 saturated heterocycles. The van der Waals surface area contributed by atoms with Gasteiger partial charge in [-0.3, -0.25) is 0 Å². The Morgan fingerprint density at radius 1 is 1.20 bits per heavy atom. The smallest absolute Gasteiger partial charge is 0.194 e. The predicted molar refractivity (Wildman–Crippen MR) is 126 cm³/mol. The van der Waals surface area contributed by atoms with Crippen LogP contribution in [0.1, 0.15) is 31.7 Å². The third kappa shape index (κ3) is 4.86. The summed E-state index contributed by atoms with van der Waals surface area (Å²) in [7, 11) is 4.08. The van der Waals surface area contributed by atoms with Crippen LogP contribution in [0.3, 0.4) is 0 Å². The summed E-state index contributed by atoms with van der Waals surface area (Å²) >= 11 is 0. The van der Waals surface area contributed by atoms with Crippen LogP contribution < -0.4 is 10.2 Å². The van der Waals surface area contributed by atoms with E-state index in [2.05, 4.69) is 57.3 Å². The Morgan fingerprint density at radius 3 is 2.77 bits per heavy atom. The molecule has 2 aromatic rings. The molecule has 2 aliphatic heterocycles. The first-order valence-electron chi connectivity index (χ1n) is 11.5. The summed E-state index contributed by atoms with van der Waals surface area (Å²) in [5.41, 5.74) is 2.26. The Kier molecular flexibility index (Phi) is 6.72. The third-order valence-corrected chi connectivity index (χ3v) is 6.28. The monoisotopic (exact) mass is 408 g/mol. The molecule has 0 bridgehead atoms. The lowest BCUT2D eigenvalue weighted by Crippen LogP contribution is -2.40. The number of likely N-dealkylation sites (tertiary alicyclic amines) is 2. The molecule has 1 atom stereocenters. The summed E-state index contributed by atoms with van der Waals surface area (Å²) in [5.74, 6) is 2.79. The number of anilines is 1. The summed E-state index contributed by atoms with van der Waals surface area (Å²) in [4.78, 5) is 17.0. The van der Waals surface area contributed by atoms with E-state index in [1.165, 1.54) is 49.8 Å². The average Bonchev–Trinajstić information content (AvgIpc) is 3.43. The molecule has 0 aliphatic carbocycles. The molecular weight excluding hydrogens is 372 g/mol. The van der Waals surface area contributed by atoms with Crippen molar-refractivity contribution in [2.45, 2.75) is 32.7 Å². The molecule has 3 heterocycles. The van der Waals surface area contributed by atoms with Gasteiger partial charge in [0.25, 0.3) is 0 Å². The van der Waals surface area contributed by atoms with Crippen LogP contribution in [0.15, 0.2) is 35.3 Å². The van der Waals surface area contributed by atoms with Crippen LogP contribution in [0.2, 0.25) is 0 Å². The van der Waals surface area contributed by atoms with Gasteiger partial charge in [0.15, 0.2) is 5.96 Å². The molecular formula is C24H36N6. The predicted octanol–water partition coefficient (Wildman–Crippen LogP) is 3.18. The quantitative estimate of drug-likeness (QED) is 0.588. The lowest BCUT2D eigenvalue weighted by molar-refractivity contribution is 0.281. The fourth-order valence-electron chi connectivity index (χ4n) is 4.68. The summed E-state index contributed by atoms with van der Waals surface area (Å²) in [5, 5.41) is 4.72. The first-order valence-corrected chi connectivity index (χ1v) is 11.5. The third-order valence-electron chi connectivity index (χ3n) is 6.28. The maximum Gasteiger partial charge on any atom is 0.194 e. The molecule has 162 valence electrons. The zero-order valence-electron chi connectivity index (χ0n) is 18.8. The highest BCUT2D eigenvalue weighted by Gasteiger charge is 2.27. The van der Waals surface area contributed by atoms with E-state index in [0.717, 1.165) is 42.8 Å². The van der Waals surface area contributed by atoms with Gasteiger partial charge >= 0.3 is 0 Å². The van der Waals surface area contributed by atoms with E-state index in [9.17, 15) is 0 Å². The van der Waals surface area contributed by atoms with Gasteiger partial charge in [-0.2, -0.15) is 0 Å². The van der Waals surface area contributed by atoms with Gasteiger partial charge in [-0.1, -0.05) is 18.2 Å². The van der Waals surface area contributed by atoms with Gasteiger partial charge in [-0.25, -0.2) is 9.98 Å². The number of nitrogens with zero attached hydrogens (tertiary/aromatic N) is 5. The van der Waals surface area contributed by atoms with Crippen molar-refractivity contribution in [2.24, 2.45) is 10.9 Å². The van der Waals surface area contributed by atoms with Crippen LogP contribution in [0.4, 0.5) is 5.82 Å². The largest absolute Gasteiger partial charge is 0.363 e. The molecule has 2 fully saturated rings. The molecule has 4 rings (SSSR count). The van der Waals surface area contributed by atoms with Gasteiger partial charge in [0.2, 0.25) is 0 Å². The summed E-state index contributed by atoms with van der Waals surface area (Å²) < 4.78 is 0. The van der Waals surface area contributed by atoms with Crippen LogP contribution in [0.25, 0.3) is 10.9 Å². The van der Waals surface area contributed by atoms with E-state index in [1.807, 2.05) is 14.1 Å². The van der Waals surface area contributed by atoms with E-state index in [4.69, 9.17) is 9.98 Å². The van der Waals surface area contributed by atoms with Crippen LogP contribution in [-0.2, 0) is 6.54 Å². The highest BCUT2D eigenvalue weighted by atomic mass is 15.3. The topological polar surface area (TPSA) is 47.0 Å². The Hall–Kier alpha value is -2.34. The normalized spacial score (nSPS) is 20.3. The summed E-state index contributed by atoms with van der Waals surface area (Å²) in [6.07, 6.45) is 4.01. The van der Waals surface area contributed by atoms with E-state index < -0.39 is 0 Å². The van der Waals surface area contributed by atoms with Crippen molar-refractivity contribution in [1.29, 1.82) is 0 Å². The van der Waals surface area contributed by atoms with Gasteiger partial charge in [0.1, 0.15) is 5.82 Å². The summed E-state index contributed by atoms with van der Waals surface area (Å²) in [6, 6.07) is 10.6. The number of nitrogens with one attached hydrogen (secondary N) is 1. The molecule has 1 N–H and O–H groups in total. The molecule has 1 aromatic heterocycles. The maximum absolute atomic E-state index is 5.05. The van der Waals surface area contributed by atoms with E-state index in [1.54, 1.807) is 0 Å². The zero-order valence-corrected chi connectivity index (χ0v) is 18.8.